The highest BCUT2D eigenvalue weighted by atomic mass is 16.5. The van der Waals surface area contributed by atoms with E-state index in [4.69, 9.17) is 18.9 Å². The topological polar surface area (TPSA) is 73.6 Å². The molecule has 1 aromatic rings. The lowest BCUT2D eigenvalue weighted by molar-refractivity contribution is -0.123. The molecule has 2 atom stereocenters. The van der Waals surface area contributed by atoms with Crippen LogP contribution < -0.4 is 4.74 Å². The Balaban J connectivity index is 1.95. The number of hydrogen-bond donors (Lipinski definition) is 0. The molecule has 0 saturated heterocycles. The summed E-state index contributed by atoms with van der Waals surface area (Å²) in [5, 5.41) is 9.68. The summed E-state index contributed by atoms with van der Waals surface area (Å²) in [5.41, 5.74) is 0.266. The summed E-state index contributed by atoms with van der Waals surface area (Å²) in [4.78, 5) is 4.48. The van der Waals surface area contributed by atoms with Crippen LogP contribution in [0.1, 0.15) is 139 Å². The second kappa shape index (κ2) is 14.8. The molecule has 0 amide bonds. The van der Waals surface area contributed by atoms with Gasteiger partial charge in [-0.2, -0.15) is 5.26 Å². The van der Waals surface area contributed by atoms with Crippen LogP contribution in [0, 0.1) is 39.9 Å². The SMILES string of the molecule is CCC(C)(CCC(C)CC(C)(C)OC(C)(C)C)OCC(C)(C)CC(C)(C)C#Cc1cc(C#N)c(OC2CC(OC)C2)cn1. The standard InChI is InChI=1S/C37H60N2O4/c1-14-37(12,18-15-27(2)22-36(10,11)43-33(3,4)5)41-26-35(8,9)25-34(6,7)17-16-29-19-28(23-38)32(24-39-29)42-31-20-30(21-31)40-13/h19,24,27,30-31H,14-15,18,20-22,25-26H2,1-13H3. The monoisotopic (exact) mass is 596 g/mol. The Morgan fingerprint density at radius 1 is 1.02 bits per heavy atom. The minimum Gasteiger partial charge on any atom is -0.487 e. The van der Waals surface area contributed by atoms with Crippen molar-refractivity contribution in [1.82, 2.24) is 4.98 Å². The molecule has 6 heteroatoms. The molecule has 0 spiro atoms. The molecule has 43 heavy (non-hydrogen) atoms. The molecule has 1 saturated carbocycles. The van der Waals surface area contributed by atoms with Gasteiger partial charge in [0.05, 0.1) is 41.3 Å². The van der Waals surface area contributed by atoms with Crippen LogP contribution in [-0.2, 0) is 14.2 Å². The Morgan fingerprint density at radius 3 is 2.23 bits per heavy atom. The Hall–Kier alpha value is -2.12. The van der Waals surface area contributed by atoms with Crippen molar-refractivity contribution in [3.05, 3.63) is 23.5 Å². The van der Waals surface area contributed by atoms with E-state index in [1.54, 1.807) is 19.4 Å². The maximum atomic E-state index is 9.68. The van der Waals surface area contributed by atoms with Crippen LogP contribution in [0.15, 0.2) is 12.3 Å². The normalized spacial score (nSPS) is 19.8. The first-order valence-electron chi connectivity index (χ1n) is 16.2. The van der Waals surface area contributed by atoms with E-state index >= 15 is 0 Å². The zero-order valence-electron chi connectivity index (χ0n) is 29.6. The highest BCUT2D eigenvalue weighted by Gasteiger charge is 2.34. The summed E-state index contributed by atoms with van der Waals surface area (Å²) in [6.07, 6.45) is 8.59. The summed E-state index contributed by atoms with van der Waals surface area (Å²) < 4.78 is 24.3. The van der Waals surface area contributed by atoms with Crippen molar-refractivity contribution in [1.29, 1.82) is 5.26 Å². The first-order chi connectivity index (χ1) is 19.7. The van der Waals surface area contributed by atoms with E-state index in [0.717, 1.165) is 44.9 Å². The molecule has 6 nitrogen and oxygen atoms in total. The summed E-state index contributed by atoms with van der Waals surface area (Å²) in [6.45, 7) is 27.1. The zero-order valence-corrected chi connectivity index (χ0v) is 29.6. The highest BCUT2D eigenvalue weighted by molar-refractivity contribution is 5.46. The number of ether oxygens (including phenoxy) is 4. The summed E-state index contributed by atoms with van der Waals surface area (Å²) >= 11 is 0. The molecule has 1 aromatic heterocycles. The lowest BCUT2D eigenvalue weighted by atomic mass is 9.75. The molecular weight excluding hydrogens is 536 g/mol. The number of pyridine rings is 1. The number of methoxy groups -OCH3 is 1. The third-order valence-corrected chi connectivity index (χ3v) is 8.26. The van der Waals surface area contributed by atoms with Gasteiger partial charge in [0.1, 0.15) is 17.9 Å². The number of nitrogens with zero attached hydrogens (tertiary/aromatic N) is 2. The van der Waals surface area contributed by atoms with Gasteiger partial charge in [0.2, 0.25) is 0 Å². The molecule has 0 aromatic carbocycles. The van der Waals surface area contributed by atoms with Crippen LogP contribution in [0.2, 0.25) is 0 Å². The van der Waals surface area contributed by atoms with Crippen LogP contribution in [0.25, 0.3) is 0 Å². The van der Waals surface area contributed by atoms with Crippen molar-refractivity contribution in [2.24, 2.45) is 16.7 Å². The van der Waals surface area contributed by atoms with Crippen LogP contribution in [0.5, 0.6) is 5.75 Å². The van der Waals surface area contributed by atoms with Crippen molar-refractivity contribution >= 4 is 0 Å². The Kier molecular flexibility index (Phi) is 12.7. The minimum atomic E-state index is -0.257. The van der Waals surface area contributed by atoms with E-state index in [9.17, 15) is 5.26 Å². The number of aromatic nitrogens is 1. The van der Waals surface area contributed by atoms with Gasteiger partial charge in [0.15, 0.2) is 5.75 Å². The van der Waals surface area contributed by atoms with Crippen molar-refractivity contribution in [2.45, 2.75) is 157 Å². The van der Waals surface area contributed by atoms with Gasteiger partial charge in [-0.05, 0) is 111 Å². The van der Waals surface area contributed by atoms with Gasteiger partial charge in [-0.3, -0.25) is 0 Å². The van der Waals surface area contributed by atoms with Gasteiger partial charge in [-0.25, -0.2) is 4.98 Å². The lowest BCUT2D eigenvalue weighted by Crippen LogP contribution is -2.39. The molecular formula is C37H60N2O4. The van der Waals surface area contributed by atoms with Crippen LogP contribution in [0.3, 0.4) is 0 Å². The maximum Gasteiger partial charge on any atom is 0.155 e. The average molecular weight is 597 g/mol. The third-order valence-electron chi connectivity index (χ3n) is 8.26. The van der Waals surface area contributed by atoms with E-state index < -0.39 is 0 Å². The smallest absolute Gasteiger partial charge is 0.155 e. The fourth-order valence-electron chi connectivity index (χ4n) is 6.29. The largest absolute Gasteiger partial charge is 0.487 e. The molecule has 0 aliphatic heterocycles. The summed E-state index contributed by atoms with van der Waals surface area (Å²) in [5.74, 6) is 7.70. The quantitative estimate of drug-likeness (QED) is 0.188. The third kappa shape index (κ3) is 13.2. The average Bonchev–Trinajstić information content (AvgIpc) is 2.85. The van der Waals surface area contributed by atoms with Gasteiger partial charge in [0, 0.05) is 25.4 Å². The minimum absolute atomic E-state index is 0.0610. The van der Waals surface area contributed by atoms with Crippen LogP contribution in [0.4, 0.5) is 0 Å². The number of nitriles is 1. The van der Waals surface area contributed by atoms with E-state index in [-0.39, 0.29) is 39.8 Å². The molecule has 0 N–H and O–H groups in total. The van der Waals surface area contributed by atoms with E-state index in [1.807, 2.05) is 0 Å². The van der Waals surface area contributed by atoms with Gasteiger partial charge >= 0.3 is 0 Å². The van der Waals surface area contributed by atoms with Gasteiger partial charge in [-0.1, -0.05) is 33.6 Å². The van der Waals surface area contributed by atoms with E-state index in [2.05, 4.69) is 106 Å². The lowest BCUT2D eigenvalue weighted by Gasteiger charge is -2.38. The predicted molar refractivity (Wildman–Crippen MR) is 175 cm³/mol. The molecule has 0 bridgehead atoms. The first kappa shape index (κ1) is 37.1. The number of hydrogen-bond acceptors (Lipinski definition) is 6. The van der Waals surface area contributed by atoms with Gasteiger partial charge in [-0.15, -0.1) is 0 Å². The Morgan fingerprint density at radius 2 is 1.67 bits per heavy atom. The second-order valence-electron chi connectivity index (χ2n) is 16.1. The summed E-state index contributed by atoms with van der Waals surface area (Å²) in [6, 6.07) is 3.96. The van der Waals surface area contributed by atoms with Gasteiger partial charge < -0.3 is 18.9 Å². The molecule has 1 aliphatic rings. The predicted octanol–water partition coefficient (Wildman–Crippen LogP) is 8.89. The first-order valence-corrected chi connectivity index (χ1v) is 16.2. The molecule has 0 radical (unpaired) electrons. The van der Waals surface area contributed by atoms with Crippen molar-refractivity contribution in [2.75, 3.05) is 13.7 Å². The van der Waals surface area contributed by atoms with Crippen molar-refractivity contribution in [3.63, 3.8) is 0 Å². The van der Waals surface area contributed by atoms with Crippen molar-refractivity contribution in [3.8, 4) is 23.7 Å². The van der Waals surface area contributed by atoms with E-state index in [0.29, 0.717) is 29.5 Å². The Bertz CT molecular complexity index is 1140. The molecule has 1 aliphatic carbocycles. The van der Waals surface area contributed by atoms with Gasteiger partial charge in [0.25, 0.3) is 0 Å². The van der Waals surface area contributed by atoms with E-state index in [1.165, 1.54) is 0 Å². The summed E-state index contributed by atoms with van der Waals surface area (Å²) in [7, 11) is 1.71. The molecule has 242 valence electrons. The zero-order chi connectivity index (χ0) is 32.7. The molecule has 2 unspecified atom stereocenters. The fourth-order valence-corrected chi connectivity index (χ4v) is 6.29. The molecule has 1 heterocycles. The highest BCUT2D eigenvalue weighted by Crippen LogP contribution is 2.37. The molecule has 1 fully saturated rings. The number of rotatable bonds is 15. The Labute approximate surface area is 263 Å². The maximum absolute atomic E-state index is 9.68. The van der Waals surface area contributed by atoms with Crippen molar-refractivity contribution < 1.29 is 18.9 Å². The van der Waals surface area contributed by atoms with Crippen LogP contribution in [-0.4, -0.2) is 47.7 Å². The molecule has 2 rings (SSSR count). The fraction of sp³-hybridized carbons (Fsp3) is 0.784. The second-order valence-corrected chi connectivity index (χ2v) is 16.1. The van der Waals surface area contributed by atoms with Crippen LogP contribution >= 0.6 is 0 Å².